The van der Waals surface area contributed by atoms with E-state index in [0.29, 0.717) is 11.8 Å². The van der Waals surface area contributed by atoms with E-state index in [4.69, 9.17) is 0 Å². The summed E-state index contributed by atoms with van der Waals surface area (Å²) in [5.74, 6) is 0.650. The second-order valence-corrected chi connectivity index (χ2v) is 4.86. The molecule has 1 aliphatic heterocycles. The number of carbonyl (C=O) groups excluding carboxylic acids is 1. The van der Waals surface area contributed by atoms with E-state index in [1.165, 1.54) is 5.56 Å². The van der Waals surface area contributed by atoms with Crippen molar-refractivity contribution in [1.82, 2.24) is 0 Å². The highest BCUT2D eigenvalue weighted by molar-refractivity contribution is 5.81. The molecule has 2 heteroatoms. The number of hydrogen-bond donors (Lipinski definition) is 1. The molecule has 1 saturated heterocycles. The average molecular weight is 218 g/mol. The van der Waals surface area contributed by atoms with Gasteiger partial charge >= 0.3 is 0 Å². The van der Waals surface area contributed by atoms with Crippen LogP contribution in [0.15, 0.2) is 30.3 Å². The summed E-state index contributed by atoms with van der Waals surface area (Å²) in [5, 5.41) is 0. The minimum atomic E-state index is 0.215. The normalized spacial score (nSPS) is 30.4. The number of benzene rings is 1. The van der Waals surface area contributed by atoms with Gasteiger partial charge in [0.25, 0.3) is 0 Å². The summed E-state index contributed by atoms with van der Waals surface area (Å²) < 4.78 is 0. The van der Waals surface area contributed by atoms with Crippen molar-refractivity contribution in [2.24, 2.45) is 5.92 Å². The number of ketones is 1. The molecule has 0 spiro atoms. The second-order valence-electron chi connectivity index (χ2n) is 4.86. The lowest BCUT2D eigenvalue weighted by atomic mass is 9.90. The van der Waals surface area contributed by atoms with Crippen LogP contribution in [0.2, 0.25) is 0 Å². The molecule has 1 unspecified atom stereocenters. The predicted molar refractivity (Wildman–Crippen MR) is 64.2 cm³/mol. The van der Waals surface area contributed by atoms with E-state index in [1.54, 1.807) is 4.90 Å². The minimum Gasteiger partial charge on any atom is -0.328 e. The topological polar surface area (TPSA) is 21.5 Å². The molecule has 0 radical (unpaired) electrons. The van der Waals surface area contributed by atoms with Crippen molar-refractivity contribution in [2.75, 3.05) is 6.54 Å². The first kappa shape index (κ1) is 11.3. The molecule has 0 aromatic heterocycles. The van der Waals surface area contributed by atoms with Gasteiger partial charge in [-0.2, -0.15) is 0 Å². The van der Waals surface area contributed by atoms with Crippen molar-refractivity contribution < 1.29 is 9.69 Å². The molecule has 1 heterocycles. The van der Waals surface area contributed by atoms with E-state index in [2.05, 4.69) is 38.1 Å². The molecule has 1 fully saturated rings. The molecule has 1 aliphatic rings. The molecule has 0 bridgehead atoms. The highest BCUT2D eigenvalue weighted by Crippen LogP contribution is 2.09. The molecule has 2 nitrogen and oxygen atoms in total. The third-order valence-electron chi connectivity index (χ3n) is 3.87. The zero-order valence-corrected chi connectivity index (χ0v) is 10.1. The van der Waals surface area contributed by atoms with Crippen molar-refractivity contribution in [1.29, 1.82) is 0 Å². The lowest BCUT2D eigenvalue weighted by molar-refractivity contribution is -0.941. The van der Waals surface area contributed by atoms with Crippen molar-refractivity contribution in [3.63, 3.8) is 0 Å². The summed E-state index contributed by atoms with van der Waals surface area (Å²) in [6.45, 7) is 6.29. The van der Waals surface area contributed by atoms with Gasteiger partial charge in [0.15, 0.2) is 0 Å². The molecule has 1 aromatic rings. The van der Waals surface area contributed by atoms with Crippen LogP contribution in [0.5, 0.6) is 0 Å². The summed E-state index contributed by atoms with van der Waals surface area (Å²) in [6, 6.07) is 11.0. The maximum absolute atomic E-state index is 11.6. The molecule has 86 valence electrons. The number of quaternary nitrogens is 1. The number of nitrogens with one attached hydrogen (secondary N) is 1. The molecular weight excluding hydrogens is 198 g/mol. The number of piperidine rings is 1. The molecule has 0 aliphatic carbocycles. The SMILES string of the molecule is C[C@@H]1C(=O)CC[NH+](Cc2ccccc2)[C@@H]1C. The molecule has 3 atom stereocenters. The van der Waals surface area contributed by atoms with Crippen molar-refractivity contribution in [2.45, 2.75) is 32.9 Å². The highest BCUT2D eigenvalue weighted by Gasteiger charge is 2.33. The van der Waals surface area contributed by atoms with Gasteiger partial charge in [-0.05, 0) is 13.8 Å². The Morgan fingerprint density at radius 3 is 2.62 bits per heavy atom. The van der Waals surface area contributed by atoms with Gasteiger partial charge in [0, 0.05) is 5.56 Å². The van der Waals surface area contributed by atoms with Gasteiger partial charge in [0.2, 0.25) is 0 Å². The minimum absolute atomic E-state index is 0.215. The average Bonchev–Trinajstić information content (AvgIpc) is 2.31. The predicted octanol–water partition coefficient (Wildman–Crippen LogP) is 1.07. The van der Waals surface area contributed by atoms with Crippen LogP contribution in [-0.2, 0) is 11.3 Å². The molecular formula is C14H20NO+. The summed E-state index contributed by atoms with van der Waals surface area (Å²) >= 11 is 0. The van der Waals surface area contributed by atoms with Crippen LogP contribution in [0.4, 0.5) is 0 Å². The quantitative estimate of drug-likeness (QED) is 0.788. The Labute approximate surface area is 97.3 Å². The van der Waals surface area contributed by atoms with Crippen molar-refractivity contribution >= 4 is 5.78 Å². The number of carbonyl (C=O) groups is 1. The highest BCUT2D eigenvalue weighted by atomic mass is 16.1. The number of hydrogen-bond acceptors (Lipinski definition) is 1. The Morgan fingerprint density at radius 2 is 1.94 bits per heavy atom. The Kier molecular flexibility index (Phi) is 3.39. The van der Waals surface area contributed by atoms with E-state index in [1.807, 2.05) is 6.07 Å². The van der Waals surface area contributed by atoms with Gasteiger partial charge < -0.3 is 4.90 Å². The van der Waals surface area contributed by atoms with Crippen LogP contribution < -0.4 is 4.90 Å². The van der Waals surface area contributed by atoms with E-state index in [-0.39, 0.29) is 5.92 Å². The second kappa shape index (κ2) is 4.79. The Morgan fingerprint density at radius 1 is 1.25 bits per heavy atom. The van der Waals surface area contributed by atoms with Crippen molar-refractivity contribution in [3.05, 3.63) is 35.9 Å². The first-order valence-electron chi connectivity index (χ1n) is 6.09. The zero-order valence-electron chi connectivity index (χ0n) is 10.1. The Bertz CT molecular complexity index is 360. The molecule has 2 rings (SSSR count). The molecule has 0 amide bonds. The first-order chi connectivity index (χ1) is 7.68. The molecule has 0 saturated carbocycles. The number of likely N-dealkylation sites (tertiary alicyclic amines) is 1. The Balaban J connectivity index is 2.03. The zero-order chi connectivity index (χ0) is 11.5. The monoisotopic (exact) mass is 218 g/mol. The van der Waals surface area contributed by atoms with Crippen LogP contribution in [0.3, 0.4) is 0 Å². The maximum Gasteiger partial charge on any atom is 0.147 e. The van der Waals surface area contributed by atoms with E-state index < -0.39 is 0 Å². The summed E-state index contributed by atoms with van der Waals surface area (Å²) in [7, 11) is 0. The third-order valence-corrected chi connectivity index (χ3v) is 3.87. The van der Waals surface area contributed by atoms with Crippen LogP contribution in [0.1, 0.15) is 25.8 Å². The number of rotatable bonds is 2. The van der Waals surface area contributed by atoms with Gasteiger partial charge in [-0.25, -0.2) is 0 Å². The third kappa shape index (κ3) is 2.33. The van der Waals surface area contributed by atoms with Gasteiger partial charge in [-0.3, -0.25) is 4.79 Å². The summed E-state index contributed by atoms with van der Waals surface area (Å²) in [6.07, 6.45) is 0.744. The standard InChI is InChI=1S/C14H19NO/c1-11-12(2)15(9-8-14(11)16)10-13-6-4-3-5-7-13/h3-7,11-12H,8-10H2,1-2H3/p+1/t11-,12+/m0/s1. The largest absolute Gasteiger partial charge is 0.328 e. The van der Waals surface area contributed by atoms with Crippen LogP contribution in [0.25, 0.3) is 0 Å². The first-order valence-corrected chi connectivity index (χ1v) is 6.09. The van der Waals surface area contributed by atoms with Gasteiger partial charge in [-0.1, -0.05) is 30.3 Å². The lowest BCUT2D eigenvalue weighted by Gasteiger charge is -2.33. The van der Waals surface area contributed by atoms with E-state index >= 15 is 0 Å². The van der Waals surface area contributed by atoms with Crippen LogP contribution in [-0.4, -0.2) is 18.4 Å². The maximum atomic E-state index is 11.6. The Hall–Kier alpha value is -1.15. The van der Waals surface area contributed by atoms with E-state index in [9.17, 15) is 4.79 Å². The fraction of sp³-hybridized carbons (Fsp3) is 0.500. The molecule has 16 heavy (non-hydrogen) atoms. The van der Waals surface area contributed by atoms with Gasteiger partial charge in [0.1, 0.15) is 12.3 Å². The van der Waals surface area contributed by atoms with Crippen LogP contribution in [0, 0.1) is 5.92 Å². The summed E-state index contributed by atoms with van der Waals surface area (Å²) in [5.41, 5.74) is 1.37. The smallest absolute Gasteiger partial charge is 0.147 e. The van der Waals surface area contributed by atoms with Gasteiger partial charge in [-0.15, -0.1) is 0 Å². The van der Waals surface area contributed by atoms with E-state index in [0.717, 1.165) is 19.5 Å². The van der Waals surface area contributed by atoms with Crippen molar-refractivity contribution in [3.8, 4) is 0 Å². The summed E-state index contributed by atoms with van der Waals surface area (Å²) in [4.78, 5) is 13.1. The lowest BCUT2D eigenvalue weighted by Crippen LogP contribution is -3.16. The molecule has 1 aromatic carbocycles. The fourth-order valence-corrected chi connectivity index (χ4v) is 2.48. The van der Waals surface area contributed by atoms with Gasteiger partial charge in [0.05, 0.1) is 24.9 Å². The van der Waals surface area contributed by atoms with Crippen LogP contribution >= 0.6 is 0 Å². The fourth-order valence-electron chi connectivity index (χ4n) is 2.48. The molecule has 1 N–H and O–H groups in total. The number of Topliss-reactive ketones (excluding diaryl/α,β-unsaturated/α-hetero) is 1.